The zero-order valence-electron chi connectivity index (χ0n) is 12.0. The number of aliphatic hydroxyl groups is 1. The number of nitrogens with zero attached hydrogens (tertiary/aromatic N) is 1. The van der Waals surface area contributed by atoms with E-state index in [0.29, 0.717) is 17.3 Å². The van der Waals surface area contributed by atoms with Crippen molar-refractivity contribution in [1.82, 2.24) is 4.90 Å². The van der Waals surface area contributed by atoms with Crippen LogP contribution < -0.4 is 11.1 Å². The Morgan fingerprint density at radius 1 is 1.52 bits per heavy atom. The van der Waals surface area contributed by atoms with Crippen LogP contribution in [0.2, 0.25) is 0 Å². The molecule has 0 radical (unpaired) electrons. The van der Waals surface area contributed by atoms with Crippen LogP contribution >= 0.6 is 0 Å². The molecule has 4 N–H and O–H groups in total. The second-order valence-corrected chi connectivity index (χ2v) is 5.54. The van der Waals surface area contributed by atoms with E-state index in [9.17, 15) is 9.18 Å². The van der Waals surface area contributed by atoms with Crippen molar-refractivity contribution in [2.45, 2.75) is 19.3 Å². The number of nitrogen functional groups attached to an aromatic ring is 1. The lowest BCUT2D eigenvalue weighted by molar-refractivity contribution is -0.117. The SMILES string of the molecule is Nc1ccc(F)cc1NC(=O)CN1CCCC(CCO)C1. The van der Waals surface area contributed by atoms with Crippen molar-refractivity contribution < 1.29 is 14.3 Å². The molecule has 1 saturated heterocycles. The summed E-state index contributed by atoms with van der Waals surface area (Å²) in [6.45, 7) is 2.13. The van der Waals surface area contributed by atoms with Crippen LogP contribution in [0.4, 0.5) is 15.8 Å². The van der Waals surface area contributed by atoms with Gasteiger partial charge in [0.2, 0.25) is 5.91 Å². The van der Waals surface area contributed by atoms with Gasteiger partial charge in [-0.15, -0.1) is 0 Å². The van der Waals surface area contributed by atoms with Crippen LogP contribution in [-0.2, 0) is 4.79 Å². The lowest BCUT2D eigenvalue weighted by Gasteiger charge is -2.31. The molecule has 6 heteroatoms. The van der Waals surface area contributed by atoms with Crippen molar-refractivity contribution in [3.63, 3.8) is 0 Å². The monoisotopic (exact) mass is 295 g/mol. The average Bonchev–Trinajstić information content (AvgIpc) is 2.43. The molecule has 0 spiro atoms. The quantitative estimate of drug-likeness (QED) is 0.718. The van der Waals surface area contributed by atoms with E-state index in [1.165, 1.54) is 18.2 Å². The third kappa shape index (κ3) is 4.68. The van der Waals surface area contributed by atoms with Crippen LogP contribution in [-0.4, -0.2) is 42.2 Å². The van der Waals surface area contributed by atoms with Crippen LogP contribution in [0.15, 0.2) is 18.2 Å². The normalized spacial score (nSPS) is 19.4. The summed E-state index contributed by atoms with van der Waals surface area (Å²) in [5.74, 6) is -0.187. The highest BCUT2D eigenvalue weighted by Crippen LogP contribution is 2.21. The van der Waals surface area contributed by atoms with Crippen molar-refractivity contribution in [2.75, 3.05) is 37.3 Å². The van der Waals surface area contributed by atoms with Gasteiger partial charge in [-0.05, 0) is 49.9 Å². The van der Waals surface area contributed by atoms with E-state index in [2.05, 4.69) is 10.2 Å². The fourth-order valence-corrected chi connectivity index (χ4v) is 2.74. The number of carbonyl (C=O) groups is 1. The fraction of sp³-hybridized carbons (Fsp3) is 0.533. The number of aliphatic hydroxyl groups excluding tert-OH is 1. The van der Waals surface area contributed by atoms with Crippen molar-refractivity contribution in [2.24, 2.45) is 5.92 Å². The maximum atomic E-state index is 13.2. The Morgan fingerprint density at radius 2 is 2.33 bits per heavy atom. The molecule has 5 nitrogen and oxygen atoms in total. The van der Waals surface area contributed by atoms with Gasteiger partial charge in [0.1, 0.15) is 5.82 Å². The summed E-state index contributed by atoms with van der Waals surface area (Å²) in [5.41, 5.74) is 6.37. The number of benzene rings is 1. The number of amides is 1. The van der Waals surface area contributed by atoms with Gasteiger partial charge in [-0.1, -0.05) is 0 Å². The lowest BCUT2D eigenvalue weighted by atomic mass is 9.95. The van der Waals surface area contributed by atoms with Gasteiger partial charge in [0, 0.05) is 13.2 Å². The number of rotatable bonds is 5. The molecule has 21 heavy (non-hydrogen) atoms. The number of hydrogen-bond donors (Lipinski definition) is 3. The summed E-state index contributed by atoms with van der Waals surface area (Å²) in [5, 5.41) is 11.6. The molecule has 1 atom stereocenters. The number of piperidine rings is 1. The van der Waals surface area contributed by atoms with Gasteiger partial charge in [0.15, 0.2) is 0 Å². The Morgan fingerprint density at radius 3 is 3.10 bits per heavy atom. The highest BCUT2D eigenvalue weighted by Gasteiger charge is 2.21. The molecule has 1 aliphatic rings. The van der Waals surface area contributed by atoms with Crippen molar-refractivity contribution in [3.8, 4) is 0 Å². The topological polar surface area (TPSA) is 78.6 Å². The Labute approximate surface area is 123 Å². The van der Waals surface area contributed by atoms with Gasteiger partial charge >= 0.3 is 0 Å². The third-order valence-electron chi connectivity index (χ3n) is 3.80. The highest BCUT2D eigenvalue weighted by atomic mass is 19.1. The smallest absolute Gasteiger partial charge is 0.238 e. The molecule has 1 unspecified atom stereocenters. The standard InChI is InChI=1S/C15H22FN3O2/c16-12-3-4-13(17)14(8-12)18-15(21)10-19-6-1-2-11(9-19)5-7-20/h3-4,8,11,20H,1-2,5-7,9-10,17H2,(H,18,21). The number of anilines is 2. The predicted molar refractivity (Wildman–Crippen MR) is 80.3 cm³/mol. The first-order valence-electron chi connectivity index (χ1n) is 7.26. The number of hydrogen-bond acceptors (Lipinski definition) is 4. The van der Waals surface area contributed by atoms with E-state index in [-0.39, 0.29) is 19.1 Å². The summed E-state index contributed by atoms with van der Waals surface area (Å²) >= 11 is 0. The highest BCUT2D eigenvalue weighted by molar-refractivity contribution is 5.95. The van der Waals surface area contributed by atoms with Gasteiger partial charge < -0.3 is 16.2 Å². The Bertz CT molecular complexity index is 494. The van der Waals surface area contributed by atoms with E-state index < -0.39 is 5.82 Å². The third-order valence-corrected chi connectivity index (χ3v) is 3.80. The molecule has 1 aromatic carbocycles. The number of nitrogens with two attached hydrogens (primary N) is 1. The Balaban J connectivity index is 1.88. The summed E-state index contributed by atoms with van der Waals surface area (Å²) < 4.78 is 13.2. The van der Waals surface area contributed by atoms with Crippen molar-refractivity contribution in [3.05, 3.63) is 24.0 Å². The molecule has 0 bridgehead atoms. The minimum atomic E-state index is -0.430. The molecule has 2 rings (SSSR count). The van der Waals surface area contributed by atoms with Crippen LogP contribution in [0.5, 0.6) is 0 Å². The molecule has 1 heterocycles. The first kappa shape index (κ1) is 15.7. The molecule has 0 aliphatic carbocycles. The molecule has 1 fully saturated rings. The van der Waals surface area contributed by atoms with Gasteiger partial charge in [-0.3, -0.25) is 9.69 Å². The number of likely N-dealkylation sites (tertiary alicyclic amines) is 1. The van der Waals surface area contributed by atoms with Crippen LogP contribution in [0.1, 0.15) is 19.3 Å². The van der Waals surface area contributed by atoms with E-state index in [1.807, 2.05) is 0 Å². The zero-order valence-corrected chi connectivity index (χ0v) is 12.0. The minimum Gasteiger partial charge on any atom is -0.397 e. The largest absolute Gasteiger partial charge is 0.397 e. The summed E-state index contributed by atoms with van der Waals surface area (Å²) in [6.07, 6.45) is 2.89. The van der Waals surface area contributed by atoms with Gasteiger partial charge in [0.25, 0.3) is 0 Å². The zero-order chi connectivity index (χ0) is 15.2. The van der Waals surface area contributed by atoms with Gasteiger partial charge in [0.05, 0.1) is 17.9 Å². The summed E-state index contributed by atoms with van der Waals surface area (Å²) in [6, 6.07) is 3.91. The van der Waals surface area contributed by atoms with Crippen LogP contribution in [0.3, 0.4) is 0 Å². The molecule has 1 amide bonds. The lowest BCUT2D eigenvalue weighted by Crippen LogP contribution is -2.40. The molecule has 1 aromatic rings. The van der Waals surface area contributed by atoms with Crippen molar-refractivity contribution in [1.29, 1.82) is 0 Å². The number of halogens is 1. The molecular formula is C15H22FN3O2. The first-order valence-corrected chi connectivity index (χ1v) is 7.26. The fourth-order valence-electron chi connectivity index (χ4n) is 2.74. The average molecular weight is 295 g/mol. The Kier molecular flexibility index (Phi) is 5.52. The molecule has 0 aromatic heterocycles. The summed E-state index contributed by atoms with van der Waals surface area (Å²) in [7, 11) is 0. The van der Waals surface area contributed by atoms with E-state index >= 15 is 0 Å². The number of nitrogens with one attached hydrogen (secondary N) is 1. The Hall–Kier alpha value is -1.66. The number of carbonyl (C=O) groups excluding carboxylic acids is 1. The van der Waals surface area contributed by atoms with E-state index in [0.717, 1.165) is 32.4 Å². The van der Waals surface area contributed by atoms with Crippen LogP contribution in [0.25, 0.3) is 0 Å². The molecular weight excluding hydrogens is 273 g/mol. The second kappa shape index (κ2) is 7.38. The van der Waals surface area contributed by atoms with Crippen LogP contribution in [0, 0.1) is 11.7 Å². The minimum absolute atomic E-state index is 0.185. The molecule has 0 saturated carbocycles. The van der Waals surface area contributed by atoms with Gasteiger partial charge in [-0.2, -0.15) is 0 Å². The second-order valence-electron chi connectivity index (χ2n) is 5.54. The maximum absolute atomic E-state index is 13.2. The predicted octanol–water partition coefficient (Wildman–Crippen LogP) is 1.44. The van der Waals surface area contributed by atoms with Gasteiger partial charge in [-0.25, -0.2) is 4.39 Å². The first-order chi connectivity index (χ1) is 10.1. The maximum Gasteiger partial charge on any atom is 0.238 e. The van der Waals surface area contributed by atoms with Crippen molar-refractivity contribution >= 4 is 17.3 Å². The van der Waals surface area contributed by atoms with E-state index in [4.69, 9.17) is 10.8 Å². The molecule has 116 valence electrons. The molecule has 1 aliphatic heterocycles. The summed E-state index contributed by atoms with van der Waals surface area (Å²) in [4.78, 5) is 14.1. The van der Waals surface area contributed by atoms with E-state index in [1.54, 1.807) is 0 Å².